The molecule has 0 spiro atoms. The zero-order valence-electron chi connectivity index (χ0n) is 14.6. The number of hydrogen-bond acceptors (Lipinski definition) is 3. The number of rotatable bonds is 8. The van der Waals surface area contributed by atoms with Gasteiger partial charge in [0.05, 0.1) is 0 Å². The standard InChI is InChI=1S/C18H24BrN3O3/c1-3-4-5-6-10-18(2)16(24)22(17(25)21-18)12-15(23)20-14-9-7-8-13(19)11-14/h7-9,11H,3-6,10,12H2,1-2H3,(H,20,23)(H,21,25). The Kier molecular flexibility index (Phi) is 6.58. The van der Waals surface area contributed by atoms with Gasteiger partial charge in [-0.05, 0) is 31.5 Å². The largest absolute Gasteiger partial charge is 0.325 e. The van der Waals surface area contributed by atoms with Crippen LogP contribution >= 0.6 is 15.9 Å². The fourth-order valence-corrected chi connectivity index (χ4v) is 3.28. The molecule has 136 valence electrons. The van der Waals surface area contributed by atoms with Crippen LogP contribution in [0.1, 0.15) is 46.0 Å². The van der Waals surface area contributed by atoms with Gasteiger partial charge in [0.2, 0.25) is 5.91 Å². The Morgan fingerprint density at radius 1 is 1.28 bits per heavy atom. The minimum Gasteiger partial charge on any atom is -0.324 e. The summed E-state index contributed by atoms with van der Waals surface area (Å²) in [4.78, 5) is 37.9. The number of anilines is 1. The topological polar surface area (TPSA) is 78.5 Å². The van der Waals surface area contributed by atoms with Crippen LogP contribution in [-0.2, 0) is 9.59 Å². The fourth-order valence-electron chi connectivity index (χ4n) is 2.88. The van der Waals surface area contributed by atoms with Crippen molar-refractivity contribution >= 4 is 39.5 Å². The summed E-state index contributed by atoms with van der Waals surface area (Å²) >= 11 is 3.33. The van der Waals surface area contributed by atoms with E-state index in [2.05, 4.69) is 33.5 Å². The SMILES string of the molecule is CCCCCCC1(C)NC(=O)N(CC(=O)Nc2cccc(Br)c2)C1=O. The van der Waals surface area contributed by atoms with E-state index in [-0.39, 0.29) is 12.5 Å². The van der Waals surface area contributed by atoms with E-state index in [1.54, 1.807) is 25.1 Å². The Hall–Kier alpha value is -1.89. The third kappa shape index (κ3) is 5.04. The van der Waals surface area contributed by atoms with Crippen LogP contribution < -0.4 is 10.6 Å². The summed E-state index contributed by atoms with van der Waals surface area (Å²) in [5, 5.41) is 5.43. The van der Waals surface area contributed by atoms with Gasteiger partial charge in [-0.3, -0.25) is 14.5 Å². The molecule has 1 saturated heterocycles. The van der Waals surface area contributed by atoms with Crippen LogP contribution in [0.2, 0.25) is 0 Å². The lowest BCUT2D eigenvalue weighted by Crippen LogP contribution is -2.44. The van der Waals surface area contributed by atoms with Gasteiger partial charge in [0, 0.05) is 10.2 Å². The van der Waals surface area contributed by atoms with Crippen molar-refractivity contribution in [3.63, 3.8) is 0 Å². The smallest absolute Gasteiger partial charge is 0.324 e. The van der Waals surface area contributed by atoms with Gasteiger partial charge in [-0.25, -0.2) is 4.79 Å². The molecule has 0 radical (unpaired) electrons. The van der Waals surface area contributed by atoms with E-state index in [9.17, 15) is 14.4 Å². The number of hydrogen-bond donors (Lipinski definition) is 2. The van der Waals surface area contributed by atoms with Gasteiger partial charge in [-0.1, -0.05) is 54.6 Å². The van der Waals surface area contributed by atoms with Crippen LogP contribution in [-0.4, -0.2) is 34.8 Å². The molecule has 1 aliphatic heterocycles. The van der Waals surface area contributed by atoms with Gasteiger partial charge < -0.3 is 10.6 Å². The minimum absolute atomic E-state index is 0.290. The molecule has 1 heterocycles. The van der Waals surface area contributed by atoms with E-state index < -0.39 is 17.5 Å². The molecule has 1 unspecified atom stereocenters. The number of unbranched alkanes of at least 4 members (excludes halogenated alkanes) is 3. The van der Waals surface area contributed by atoms with Crippen molar-refractivity contribution in [1.29, 1.82) is 0 Å². The van der Waals surface area contributed by atoms with Gasteiger partial charge in [-0.2, -0.15) is 0 Å². The average molecular weight is 410 g/mol. The third-order valence-electron chi connectivity index (χ3n) is 4.29. The Morgan fingerprint density at radius 2 is 2.04 bits per heavy atom. The molecular formula is C18H24BrN3O3. The van der Waals surface area contributed by atoms with Crippen molar-refractivity contribution in [3.8, 4) is 0 Å². The Labute approximate surface area is 156 Å². The monoisotopic (exact) mass is 409 g/mol. The van der Waals surface area contributed by atoms with Gasteiger partial charge in [-0.15, -0.1) is 0 Å². The highest BCUT2D eigenvalue weighted by Crippen LogP contribution is 2.24. The molecule has 1 aliphatic rings. The number of carbonyl (C=O) groups is 3. The molecule has 2 rings (SSSR count). The molecule has 1 aromatic carbocycles. The number of nitrogens with one attached hydrogen (secondary N) is 2. The molecule has 25 heavy (non-hydrogen) atoms. The van der Waals surface area contributed by atoms with Crippen LogP contribution in [0.25, 0.3) is 0 Å². The highest BCUT2D eigenvalue weighted by atomic mass is 79.9. The molecule has 4 amide bonds. The molecule has 1 aromatic rings. The van der Waals surface area contributed by atoms with Crippen molar-refractivity contribution in [3.05, 3.63) is 28.7 Å². The zero-order valence-corrected chi connectivity index (χ0v) is 16.2. The lowest BCUT2D eigenvalue weighted by Gasteiger charge is -2.21. The van der Waals surface area contributed by atoms with E-state index >= 15 is 0 Å². The lowest BCUT2D eigenvalue weighted by molar-refractivity contribution is -0.133. The second kappa shape index (κ2) is 8.47. The summed E-state index contributed by atoms with van der Waals surface area (Å²) in [7, 11) is 0. The molecular weight excluding hydrogens is 386 g/mol. The molecule has 2 N–H and O–H groups in total. The number of halogens is 1. The maximum absolute atomic E-state index is 12.6. The highest BCUT2D eigenvalue weighted by Gasteiger charge is 2.47. The molecule has 0 aliphatic carbocycles. The van der Waals surface area contributed by atoms with Gasteiger partial charge in [0.15, 0.2) is 0 Å². The average Bonchev–Trinajstić information content (AvgIpc) is 2.75. The first kappa shape index (κ1) is 19.4. The van der Waals surface area contributed by atoms with E-state index in [0.29, 0.717) is 12.1 Å². The zero-order chi connectivity index (χ0) is 18.4. The number of carbonyl (C=O) groups excluding carboxylic acids is 3. The van der Waals surface area contributed by atoms with Gasteiger partial charge in [0.25, 0.3) is 5.91 Å². The molecule has 7 heteroatoms. The Morgan fingerprint density at radius 3 is 2.72 bits per heavy atom. The molecule has 1 fully saturated rings. The van der Waals surface area contributed by atoms with Crippen molar-refractivity contribution < 1.29 is 14.4 Å². The summed E-state index contributed by atoms with van der Waals surface area (Å²) in [5.74, 6) is -0.741. The summed E-state index contributed by atoms with van der Waals surface area (Å²) in [5.41, 5.74) is -0.310. The number of benzene rings is 1. The van der Waals surface area contributed by atoms with Crippen LogP contribution in [0.3, 0.4) is 0 Å². The fraction of sp³-hybridized carbons (Fsp3) is 0.500. The van der Waals surface area contributed by atoms with Crippen LogP contribution in [0.4, 0.5) is 10.5 Å². The van der Waals surface area contributed by atoms with Crippen molar-refractivity contribution in [2.24, 2.45) is 0 Å². The van der Waals surface area contributed by atoms with Gasteiger partial charge >= 0.3 is 6.03 Å². The van der Waals surface area contributed by atoms with Crippen molar-refractivity contribution in [2.75, 3.05) is 11.9 Å². The molecule has 6 nitrogen and oxygen atoms in total. The Balaban J connectivity index is 1.94. The number of urea groups is 1. The quantitative estimate of drug-likeness (QED) is 0.507. The van der Waals surface area contributed by atoms with E-state index in [1.165, 1.54) is 0 Å². The number of nitrogens with zero attached hydrogens (tertiary/aromatic N) is 1. The third-order valence-corrected chi connectivity index (χ3v) is 4.78. The number of amides is 4. The predicted molar refractivity (Wildman–Crippen MR) is 100 cm³/mol. The van der Waals surface area contributed by atoms with Crippen LogP contribution in [0.5, 0.6) is 0 Å². The second-order valence-corrected chi connectivity index (χ2v) is 7.44. The van der Waals surface area contributed by atoms with Crippen LogP contribution in [0, 0.1) is 0 Å². The van der Waals surface area contributed by atoms with Gasteiger partial charge in [0.1, 0.15) is 12.1 Å². The summed E-state index contributed by atoms with van der Waals surface area (Å²) in [6.45, 7) is 3.56. The predicted octanol–water partition coefficient (Wildman–Crippen LogP) is 3.67. The lowest BCUT2D eigenvalue weighted by atomic mass is 9.94. The van der Waals surface area contributed by atoms with E-state index in [4.69, 9.17) is 0 Å². The summed E-state index contributed by atoms with van der Waals surface area (Å²) < 4.78 is 0.833. The van der Waals surface area contributed by atoms with Crippen LogP contribution in [0.15, 0.2) is 28.7 Å². The van der Waals surface area contributed by atoms with Crippen molar-refractivity contribution in [2.45, 2.75) is 51.5 Å². The van der Waals surface area contributed by atoms with E-state index in [1.807, 2.05) is 6.07 Å². The first-order valence-electron chi connectivity index (χ1n) is 8.55. The summed E-state index contributed by atoms with van der Waals surface area (Å²) in [6.07, 6.45) is 4.70. The normalized spacial score (nSPS) is 19.9. The maximum Gasteiger partial charge on any atom is 0.325 e. The molecule has 0 saturated carbocycles. The maximum atomic E-state index is 12.6. The Bertz CT molecular complexity index is 665. The summed E-state index contributed by atoms with van der Waals surface area (Å²) in [6, 6.07) is 6.62. The highest BCUT2D eigenvalue weighted by molar-refractivity contribution is 9.10. The first-order chi connectivity index (χ1) is 11.9. The van der Waals surface area contributed by atoms with Crippen molar-refractivity contribution in [1.82, 2.24) is 10.2 Å². The minimum atomic E-state index is -0.916. The number of imide groups is 1. The second-order valence-electron chi connectivity index (χ2n) is 6.52. The van der Waals surface area contributed by atoms with E-state index in [0.717, 1.165) is 35.1 Å². The molecule has 1 atom stereocenters. The molecule has 0 bridgehead atoms. The molecule has 0 aromatic heterocycles. The first-order valence-corrected chi connectivity index (χ1v) is 9.34.